The zero-order chi connectivity index (χ0) is 19.4. The average Bonchev–Trinajstić information content (AvgIpc) is 3.02. The first-order valence-corrected chi connectivity index (χ1v) is 9.99. The van der Waals surface area contributed by atoms with E-state index < -0.39 is 0 Å². The van der Waals surface area contributed by atoms with Crippen molar-refractivity contribution in [2.75, 3.05) is 46.9 Å². The number of ether oxygens (including phenoxy) is 1. The van der Waals surface area contributed by atoms with Crippen LogP contribution in [0.2, 0.25) is 0 Å². The fraction of sp³-hybridized carbons (Fsp3) is 0.667. The van der Waals surface area contributed by atoms with E-state index >= 15 is 0 Å². The molecule has 0 aromatic heterocycles. The molecule has 1 amide bonds. The molecule has 0 saturated carbocycles. The second kappa shape index (κ2) is 9.04. The lowest BCUT2D eigenvalue weighted by atomic mass is 9.99. The van der Waals surface area contributed by atoms with Crippen LogP contribution in [0.1, 0.15) is 25.3 Å². The van der Waals surface area contributed by atoms with Crippen molar-refractivity contribution in [3.63, 3.8) is 0 Å². The van der Waals surface area contributed by atoms with Gasteiger partial charge < -0.3 is 19.6 Å². The molecule has 2 heterocycles. The van der Waals surface area contributed by atoms with Gasteiger partial charge in [0.2, 0.25) is 0 Å². The average molecular weight is 376 g/mol. The summed E-state index contributed by atoms with van der Waals surface area (Å²) in [6, 6.07) is 8.05. The molecular formula is C21H33N3O3. The second-order valence-corrected chi connectivity index (χ2v) is 8.25. The summed E-state index contributed by atoms with van der Waals surface area (Å²) >= 11 is 0. The Balaban J connectivity index is 1.56. The molecule has 2 aliphatic heterocycles. The molecule has 6 nitrogen and oxygen atoms in total. The molecule has 150 valence electrons. The molecule has 1 N–H and O–H groups in total. The molecule has 0 bridgehead atoms. The number of piperidine rings is 1. The minimum absolute atomic E-state index is 0.0703. The van der Waals surface area contributed by atoms with Gasteiger partial charge >= 0.3 is 0 Å². The van der Waals surface area contributed by atoms with Crippen LogP contribution in [-0.2, 0) is 11.3 Å². The zero-order valence-electron chi connectivity index (χ0n) is 16.8. The van der Waals surface area contributed by atoms with Crippen LogP contribution in [-0.4, -0.2) is 84.7 Å². The number of carbonyl (C=O) groups is 1. The number of likely N-dealkylation sites (N-methyl/N-ethyl adjacent to an activating group) is 1. The highest BCUT2D eigenvalue weighted by Crippen LogP contribution is 2.24. The number of para-hydroxylation sites is 1. The van der Waals surface area contributed by atoms with Gasteiger partial charge in [-0.2, -0.15) is 0 Å². The summed E-state index contributed by atoms with van der Waals surface area (Å²) in [5, 5.41) is 10.3. The molecular weight excluding hydrogens is 342 g/mol. The van der Waals surface area contributed by atoms with E-state index in [1.54, 1.807) is 0 Å². The Morgan fingerprint density at radius 3 is 2.59 bits per heavy atom. The van der Waals surface area contributed by atoms with Crippen molar-refractivity contribution in [1.82, 2.24) is 14.7 Å². The molecule has 2 saturated heterocycles. The number of β-amino-alcohol motifs (C(OH)–C–C–N with tert-alkyl or cyclic N) is 1. The highest BCUT2D eigenvalue weighted by atomic mass is 16.5. The van der Waals surface area contributed by atoms with Crippen LogP contribution >= 0.6 is 0 Å². The van der Waals surface area contributed by atoms with E-state index in [4.69, 9.17) is 4.74 Å². The van der Waals surface area contributed by atoms with E-state index in [0.717, 1.165) is 43.8 Å². The van der Waals surface area contributed by atoms with Gasteiger partial charge in [-0.15, -0.1) is 0 Å². The standard InChI is InChI=1S/C21H33N3O3/c1-16-8-10-24(11-9-16)21(26)15-27-20-7-5-4-6-17(20)12-23-13-18(22(2)3)19(25)14-23/h4-7,16,18-19,25H,8-15H2,1-3H3/t18-,19-/m0/s1. The lowest BCUT2D eigenvalue weighted by Gasteiger charge is -2.30. The zero-order valence-corrected chi connectivity index (χ0v) is 16.8. The maximum atomic E-state index is 12.4. The Morgan fingerprint density at radius 1 is 1.22 bits per heavy atom. The minimum Gasteiger partial charge on any atom is -0.483 e. The van der Waals surface area contributed by atoms with Crippen molar-refractivity contribution in [1.29, 1.82) is 0 Å². The first-order valence-electron chi connectivity index (χ1n) is 9.99. The monoisotopic (exact) mass is 375 g/mol. The first kappa shape index (κ1) is 20.1. The van der Waals surface area contributed by atoms with Crippen LogP contribution in [0, 0.1) is 5.92 Å². The van der Waals surface area contributed by atoms with Crippen molar-refractivity contribution in [2.45, 2.75) is 38.5 Å². The van der Waals surface area contributed by atoms with Crippen molar-refractivity contribution in [3.8, 4) is 5.75 Å². The number of hydrogen-bond donors (Lipinski definition) is 1. The Hall–Kier alpha value is -1.63. The fourth-order valence-electron chi connectivity index (χ4n) is 3.99. The van der Waals surface area contributed by atoms with Gasteiger partial charge in [-0.3, -0.25) is 9.69 Å². The smallest absolute Gasteiger partial charge is 0.260 e. The van der Waals surface area contributed by atoms with Crippen LogP contribution < -0.4 is 4.74 Å². The summed E-state index contributed by atoms with van der Waals surface area (Å²) in [5.41, 5.74) is 1.06. The van der Waals surface area contributed by atoms with Gasteiger partial charge in [0.1, 0.15) is 5.75 Å². The Morgan fingerprint density at radius 2 is 1.93 bits per heavy atom. The summed E-state index contributed by atoms with van der Waals surface area (Å²) in [4.78, 5) is 18.7. The van der Waals surface area contributed by atoms with Gasteiger partial charge in [-0.25, -0.2) is 0 Å². The van der Waals surface area contributed by atoms with Crippen LogP contribution in [0.25, 0.3) is 0 Å². The van der Waals surface area contributed by atoms with E-state index in [0.29, 0.717) is 19.0 Å². The molecule has 0 radical (unpaired) electrons. The van der Waals surface area contributed by atoms with Gasteiger partial charge in [-0.1, -0.05) is 25.1 Å². The van der Waals surface area contributed by atoms with Crippen molar-refractivity contribution in [2.24, 2.45) is 5.92 Å². The molecule has 27 heavy (non-hydrogen) atoms. The predicted octanol–water partition coefficient (Wildman–Crippen LogP) is 1.43. The van der Waals surface area contributed by atoms with Gasteiger partial charge in [0.05, 0.1) is 6.10 Å². The minimum atomic E-state index is -0.337. The molecule has 6 heteroatoms. The van der Waals surface area contributed by atoms with Crippen molar-refractivity contribution < 1.29 is 14.6 Å². The summed E-state index contributed by atoms with van der Waals surface area (Å²) in [5.74, 6) is 1.54. The number of hydrogen-bond acceptors (Lipinski definition) is 5. The van der Waals surface area contributed by atoms with E-state index in [2.05, 4.69) is 16.7 Å². The van der Waals surface area contributed by atoms with E-state index in [-0.39, 0.29) is 24.7 Å². The number of carbonyl (C=O) groups excluding carboxylic acids is 1. The number of likely N-dealkylation sites (tertiary alicyclic amines) is 2. The third-order valence-corrected chi connectivity index (χ3v) is 5.85. The Kier molecular flexibility index (Phi) is 6.73. The van der Waals surface area contributed by atoms with E-state index in [9.17, 15) is 9.90 Å². The highest BCUT2D eigenvalue weighted by molar-refractivity contribution is 5.77. The normalized spacial score (nSPS) is 24.6. The fourth-order valence-corrected chi connectivity index (χ4v) is 3.99. The molecule has 3 rings (SSSR count). The first-order chi connectivity index (χ1) is 12.9. The molecule has 1 aromatic rings. The molecule has 1 aromatic carbocycles. The number of nitrogens with zero attached hydrogens (tertiary/aromatic N) is 3. The van der Waals surface area contributed by atoms with Gasteiger partial charge in [0.15, 0.2) is 6.61 Å². The molecule has 2 atom stereocenters. The quantitative estimate of drug-likeness (QED) is 0.815. The van der Waals surface area contributed by atoms with E-state index in [1.165, 1.54) is 0 Å². The predicted molar refractivity (Wildman–Crippen MR) is 106 cm³/mol. The van der Waals surface area contributed by atoms with Crippen LogP contribution in [0.15, 0.2) is 24.3 Å². The van der Waals surface area contributed by atoms with Crippen LogP contribution in [0.5, 0.6) is 5.75 Å². The second-order valence-electron chi connectivity index (χ2n) is 8.25. The number of rotatable bonds is 6. The Labute approximate surface area is 162 Å². The lowest BCUT2D eigenvalue weighted by Crippen LogP contribution is -2.40. The molecule has 2 fully saturated rings. The third-order valence-electron chi connectivity index (χ3n) is 5.85. The van der Waals surface area contributed by atoms with Gasteiger partial charge in [0.25, 0.3) is 5.91 Å². The van der Waals surface area contributed by atoms with Gasteiger partial charge in [0, 0.05) is 44.3 Å². The highest BCUT2D eigenvalue weighted by Gasteiger charge is 2.32. The van der Waals surface area contributed by atoms with Crippen molar-refractivity contribution >= 4 is 5.91 Å². The molecule has 0 spiro atoms. The lowest BCUT2D eigenvalue weighted by molar-refractivity contribution is -0.134. The number of aliphatic hydroxyl groups is 1. The van der Waals surface area contributed by atoms with Crippen LogP contribution in [0.4, 0.5) is 0 Å². The maximum absolute atomic E-state index is 12.4. The summed E-state index contributed by atoms with van der Waals surface area (Å²) < 4.78 is 5.90. The molecule has 2 aliphatic rings. The largest absolute Gasteiger partial charge is 0.483 e. The third kappa shape index (κ3) is 5.21. The maximum Gasteiger partial charge on any atom is 0.260 e. The SMILES string of the molecule is CC1CCN(C(=O)COc2ccccc2CN2C[C@H](O)[C@@H](N(C)C)C2)CC1. The Bertz CT molecular complexity index is 629. The topological polar surface area (TPSA) is 56.3 Å². The van der Waals surface area contributed by atoms with Crippen molar-refractivity contribution in [3.05, 3.63) is 29.8 Å². The van der Waals surface area contributed by atoms with Crippen LogP contribution in [0.3, 0.4) is 0 Å². The summed E-state index contributed by atoms with van der Waals surface area (Å²) in [6.07, 6.45) is 1.82. The summed E-state index contributed by atoms with van der Waals surface area (Å²) in [7, 11) is 4.00. The van der Waals surface area contributed by atoms with Gasteiger partial charge in [-0.05, 0) is 38.9 Å². The summed E-state index contributed by atoms with van der Waals surface area (Å²) in [6.45, 7) is 6.20. The molecule has 0 aliphatic carbocycles. The molecule has 0 unspecified atom stereocenters. The number of benzene rings is 1. The number of amides is 1. The van der Waals surface area contributed by atoms with E-state index in [1.807, 2.05) is 43.3 Å². The number of aliphatic hydroxyl groups excluding tert-OH is 1.